The molecule has 0 aromatic heterocycles. The molecule has 0 rings (SSSR count). The lowest BCUT2D eigenvalue weighted by molar-refractivity contribution is -0.296. The molecule has 1 N–H and O–H groups in total. The Morgan fingerprint density at radius 2 is 1.65 bits per heavy atom. The monoisotopic (exact) mass is 278 g/mol. The molecule has 0 saturated heterocycles. The summed E-state index contributed by atoms with van der Waals surface area (Å²) in [4.78, 5) is 9.00. The Morgan fingerprint density at radius 1 is 1.29 bits per heavy atom. The molecule has 5 nitrogen and oxygen atoms in total. The number of alkyl halides is 3. The Bertz CT molecular complexity index is 214. The van der Waals surface area contributed by atoms with Gasteiger partial charge in [-0.2, -0.15) is 0 Å². The van der Waals surface area contributed by atoms with Crippen molar-refractivity contribution >= 4 is 14.8 Å². The van der Waals surface area contributed by atoms with Crippen molar-refractivity contribution in [3.05, 3.63) is 0 Å². The van der Waals surface area contributed by atoms with E-state index in [0.29, 0.717) is 6.42 Å². The van der Waals surface area contributed by atoms with Gasteiger partial charge in [0.05, 0.1) is 0 Å². The molecule has 0 aromatic rings. The Kier molecular flexibility index (Phi) is 9.30. The van der Waals surface area contributed by atoms with Crippen molar-refractivity contribution in [1.82, 2.24) is 0 Å². The molecule has 0 aliphatic heterocycles. The SMILES string of the molecule is CC(=O)O.CCC[Si](OC)(OC)OC(F)(F)F. The molecule has 17 heavy (non-hydrogen) atoms. The molecule has 104 valence electrons. The van der Waals surface area contributed by atoms with Crippen molar-refractivity contribution in [2.45, 2.75) is 32.7 Å². The van der Waals surface area contributed by atoms with Crippen molar-refractivity contribution in [2.75, 3.05) is 14.2 Å². The average Bonchev–Trinajstić information content (AvgIpc) is 2.14. The predicted molar refractivity (Wildman–Crippen MR) is 55.3 cm³/mol. The first-order valence-corrected chi connectivity index (χ1v) is 6.62. The van der Waals surface area contributed by atoms with Crippen LogP contribution in [0.5, 0.6) is 0 Å². The van der Waals surface area contributed by atoms with Gasteiger partial charge in [0.25, 0.3) is 5.97 Å². The molecule has 0 spiro atoms. The van der Waals surface area contributed by atoms with Crippen LogP contribution in [0.1, 0.15) is 20.3 Å². The minimum Gasteiger partial charge on any atom is -0.481 e. The third-order valence-corrected chi connectivity index (χ3v) is 4.35. The first-order chi connectivity index (χ1) is 7.62. The number of carbonyl (C=O) groups is 1. The van der Waals surface area contributed by atoms with Gasteiger partial charge in [-0.05, 0) is 0 Å². The van der Waals surface area contributed by atoms with Crippen molar-refractivity contribution in [2.24, 2.45) is 0 Å². The van der Waals surface area contributed by atoms with E-state index >= 15 is 0 Å². The zero-order valence-corrected chi connectivity index (χ0v) is 11.1. The van der Waals surface area contributed by atoms with Crippen molar-refractivity contribution in [3.63, 3.8) is 0 Å². The Morgan fingerprint density at radius 3 is 1.82 bits per heavy atom. The molecule has 0 unspecified atom stereocenters. The van der Waals surface area contributed by atoms with Crippen LogP contribution >= 0.6 is 0 Å². The van der Waals surface area contributed by atoms with Crippen LogP contribution in [0.4, 0.5) is 13.2 Å². The third-order valence-electron chi connectivity index (χ3n) is 1.45. The lowest BCUT2D eigenvalue weighted by Crippen LogP contribution is -2.47. The lowest BCUT2D eigenvalue weighted by Gasteiger charge is -2.26. The van der Waals surface area contributed by atoms with Gasteiger partial charge in [-0.15, -0.1) is 13.2 Å². The van der Waals surface area contributed by atoms with Crippen LogP contribution in [0, 0.1) is 0 Å². The van der Waals surface area contributed by atoms with Crippen LogP contribution in [-0.2, 0) is 18.1 Å². The quantitative estimate of drug-likeness (QED) is 0.781. The fraction of sp³-hybridized carbons (Fsp3) is 0.875. The highest BCUT2D eigenvalue weighted by atomic mass is 28.4. The second kappa shape index (κ2) is 8.45. The average molecular weight is 278 g/mol. The summed E-state index contributed by atoms with van der Waals surface area (Å²) in [6.07, 6.45) is -4.18. The van der Waals surface area contributed by atoms with E-state index in [4.69, 9.17) is 9.90 Å². The van der Waals surface area contributed by atoms with Gasteiger partial charge in [0.15, 0.2) is 0 Å². The smallest absolute Gasteiger partial charge is 0.481 e. The zero-order chi connectivity index (χ0) is 14.1. The predicted octanol–water partition coefficient (Wildman–Crippen LogP) is 2.26. The summed E-state index contributed by atoms with van der Waals surface area (Å²) >= 11 is 0. The largest absolute Gasteiger partial charge is 0.516 e. The summed E-state index contributed by atoms with van der Waals surface area (Å²) in [5.74, 6) is -0.833. The summed E-state index contributed by atoms with van der Waals surface area (Å²) in [7, 11) is -1.18. The van der Waals surface area contributed by atoms with Gasteiger partial charge < -0.3 is 14.0 Å². The number of carboxylic acid groups (broad SMARTS) is 1. The van der Waals surface area contributed by atoms with Crippen molar-refractivity contribution in [1.29, 1.82) is 0 Å². The standard InChI is InChI=1S/C6H13F3O3Si.C2H4O2/c1-4-5-13(10-2,11-3)12-6(7,8)9;1-2(3)4/h4-5H2,1-3H3;1H3,(H,3,4). The number of halogens is 3. The van der Waals surface area contributed by atoms with E-state index in [-0.39, 0.29) is 6.04 Å². The van der Waals surface area contributed by atoms with Gasteiger partial charge in [-0.25, -0.2) is 0 Å². The number of hydrogen-bond donors (Lipinski definition) is 1. The molecule has 0 aliphatic rings. The fourth-order valence-corrected chi connectivity index (χ4v) is 2.71. The first-order valence-electron chi connectivity index (χ1n) is 4.69. The Balaban J connectivity index is 0. The van der Waals surface area contributed by atoms with Gasteiger partial charge >= 0.3 is 15.2 Å². The summed E-state index contributed by atoms with van der Waals surface area (Å²) in [5.41, 5.74) is 0. The topological polar surface area (TPSA) is 65.0 Å². The summed E-state index contributed by atoms with van der Waals surface area (Å²) in [6, 6.07) is 0.152. The molecular weight excluding hydrogens is 261 g/mol. The van der Waals surface area contributed by atoms with Gasteiger partial charge in [0.1, 0.15) is 0 Å². The van der Waals surface area contributed by atoms with Gasteiger partial charge in [-0.3, -0.25) is 9.22 Å². The molecule has 9 heteroatoms. The van der Waals surface area contributed by atoms with Crippen molar-refractivity contribution < 1.29 is 36.4 Å². The van der Waals surface area contributed by atoms with Crippen LogP contribution in [0.15, 0.2) is 0 Å². The maximum Gasteiger partial charge on any atom is 0.516 e. The lowest BCUT2D eigenvalue weighted by atomic mass is 10.6. The van der Waals surface area contributed by atoms with E-state index < -0.39 is 21.1 Å². The van der Waals surface area contributed by atoms with Crippen LogP contribution < -0.4 is 0 Å². The second-order valence-electron chi connectivity index (χ2n) is 2.91. The minimum absolute atomic E-state index is 0.152. The Labute approximate surface area is 98.8 Å². The van der Waals surface area contributed by atoms with E-state index in [1.54, 1.807) is 6.92 Å². The number of aliphatic carboxylic acids is 1. The van der Waals surface area contributed by atoms with Gasteiger partial charge in [0.2, 0.25) is 0 Å². The number of hydrogen-bond acceptors (Lipinski definition) is 4. The molecule has 0 fully saturated rings. The van der Waals surface area contributed by atoms with Crippen molar-refractivity contribution in [3.8, 4) is 0 Å². The number of carboxylic acids is 1. The third kappa shape index (κ3) is 11.6. The molecule has 0 aliphatic carbocycles. The van der Waals surface area contributed by atoms with Crippen LogP contribution in [-0.4, -0.2) is 40.5 Å². The molecule has 0 heterocycles. The first kappa shape index (κ1) is 18.7. The second-order valence-corrected chi connectivity index (χ2v) is 5.79. The highest BCUT2D eigenvalue weighted by molar-refractivity contribution is 6.60. The highest BCUT2D eigenvalue weighted by Crippen LogP contribution is 2.26. The van der Waals surface area contributed by atoms with Gasteiger partial charge in [0, 0.05) is 27.2 Å². The molecule has 0 aromatic carbocycles. The molecule has 0 radical (unpaired) electrons. The van der Waals surface area contributed by atoms with Crippen LogP contribution in [0.25, 0.3) is 0 Å². The summed E-state index contributed by atoms with van der Waals surface area (Å²) in [5, 5.41) is 7.42. The van der Waals surface area contributed by atoms with Crippen LogP contribution in [0.2, 0.25) is 6.04 Å². The minimum atomic E-state index is -4.70. The number of rotatable bonds is 5. The van der Waals surface area contributed by atoms with E-state index in [0.717, 1.165) is 21.1 Å². The zero-order valence-electron chi connectivity index (χ0n) is 10.1. The molecule has 0 atom stereocenters. The summed E-state index contributed by atoms with van der Waals surface area (Å²) < 4.78 is 48.9. The maximum atomic E-state index is 11.9. The maximum absolute atomic E-state index is 11.9. The Hall–Kier alpha value is -0.643. The summed E-state index contributed by atoms with van der Waals surface area (Å²) in [6.45, 7) is 2.82. The van der Waals surface area contributed by atoms with E-state index in [1.165, 1.54) is 0 Å². The highest BCUT2D eigenvalue weighted by Gasteiger charge is 2.48. The molecule has 0 amide bonds. The molecular formula is C8H17F3O5Si. The fourth-order valence-electron chi connectivity index (χ4n) is 0.904. The normalized spacial score (nSPS) is 11.7. The van der Waals surface area contributed by atoms with Crippen LogP contribution in [0.3, 0.4) is 0 Å². The molecule has 0 bridgehead atoms. The van der Waals surface area contributed by atoms with E-state index in [2.05, 4.69) is 13.3 Å². The van der Waals surface area contributed by atoms with E-state index in [1.807, 2.05) is 0 Å². The van der Waals surface area contributed by atoms with Gasteiger partial charge in [-0.1, -0.05) is 13.3 Å². The van der Waals surface area contributed by atoms with E-state index in [9.17, 15) is 13.2 Å². The molecule has 0 saturated carbocycles.